The normalized spacial score (nSPS) is 30.1. The van der Waals surface area contributed by atoms with Gasteiger partial charge in [-0.1, -0.05) is 116 Å². The zero-order chi connectivity index (χ0) is 34.2. The van der Waals surface area contributed by atoms with Crippen LogP contribution in [0.2, 0.25) is 36.3 Å². The molecule has 0 amide bonds. The van der Waals surface area contributed by atoms with Gasteiger partial charge in [0.2, 0.25) is 0 Å². The number of rotatable bonds is 9. The molecular weight excluding hydrogens is 585 g/mol. The zero-order valence-electron chi connectivity index (χ0n) is 31.6. The second kappa shape index (κ2) is 13.7. The Labute approximate surface area is 280 Å². The highest BCUT2D eigenvalue weighted by atomic mass is 28.4. The van der Waals surface area contributed by atoms with Gasteiger partial charge in [-0.15, -0.1) is 0 Å². The van der Waals surface area contributed by atoms with Crippen LogP contribution in [-0.2, 0) is 8.85 Å². The van der Waals surface area contributed by atoms with E-state index in [2.05, 4.69) is 119 Å². The average Bonchev–Trinajstić information content (AvgIpc) is 3.22. The van der Waals surface area contributed by atoms with Gasteiger partial charge in [0, 0.05) is 6.42 Å². The molecule has 2 fully saturated rings. The molecule has 0 aromatic rings. The van der Waals surface area contributed by atoms with E-state index < -0.39 is 22.2 Å². The molecule has 0 aliphatic heterocycles. The van der Waals surface area contributed by atoms with Crippen LogP contribution in [0.1, 0.15) is 108 Å². The van der Waals surface area contributed by atoms with Crippen molar-refractivity contribution in [3.8, 4) is 0 Å². The van der Waals surface area contributed by atoms with Gasteiger partial charge in [0.15, 0.2) is 16.6 Å². The maximum absolute atomic E-state index is 10.0. The van der Waals surface area contributed by atoms with Crippen LogP contribution in [0.15, 0.2) is 71.4 Å². The molecule has 1 N–H and O–H groups in total. The molecule has 0 bridgehead atoms. The molecule has 254 valence electrons. The van der Waals surface area contributed by atoms with Crippen molar-refractivity contribution in [3.05, 3.63) is 71.4 Å². The largest absolute Gasteiger partial charge is 0.413 e. The van der Waals surface area contributed by atoms with E-state index >= 15 is 0 Å². The SMILES string of the molecule is C=C1/C(=C/C=C2\CCC[C@]3(C)C(C(C)/C=C/C=C/C(C)(C)O)=CC[C@@H]23)C[C@@H](O[Si](C)(C)C(C)(C)C)C[C@@H]1O[Si](C)(C)C(C)(C)C. The van der Waals surface area contributed by atoms with Gasteiger partial charge < -0.3 is 14.0 Å². The minimum absolute atomic E-state index is 0.00789. The Morgan fingerprint density at radius 1 is 0.956 bits per heavy atom. The Balaban J connectivity index is 1.89. The van der Waals surface area contributed by atoms with Crippen LogP contribution >= 0.6 is 0 Å². The van der Waals surface area contributed by atoms with Gasteiger partial charge in [-0.2, -0.15) is 0 Å². The lowest BCUT2D eigenvalue weighted by Crippen LogP contribution is -2.49. The smallest absolute Gasteiger partial charge is 0.192 e. The van der Waals surface area contributed by atoms with Crippen LogP contribution in [0.5, 0.6) is 0 Å². The molecule has 3 aliphatic rings. The Bertz CT molecular complexity index is 1230. The van der Waals surface area contributed by atoms with E-state index in [1.54, 1.807) is 11.1 Å². The highest BCUT2D eigenvalue weighted by molar-refractivity contribution is 6.74. The number of allylic oxidation sites excluding steroid dienone is 8. The quantitative estimate of drug-likeness (QED) is 0.153. The van der Waals surface area contributed by atoms with Crippen LogP contribution < -0.4 is 0 Å². The number of hydrogen-bond donors (Lipinski definition) is 1. The average molecular weight is 653 g/mol. The molecule has 3 nitrogen and oxygen atoms in total. The lowest BCUT2D eigenvalue weighted by molar-refractivity contribution is 0.0969. The van der Waals surface area contributed by atoms with E-state index in [1.165, 1.54) is 24.8 Å². The Morgan fingerprint density at radius 2 is 1.56 bits per heavy atom. The minimum atomic E-state index is -1.99. The third-order valence-corrected chi connectivity index (χ3v) is 20.9. The molecule has 2 saturated carbocycles. The summed E-state index contributed by atoms with van der Waals surface area (Å²) in [6.07, 6.45) is 22.3. The van der Waals surface area contributed by atoms with E-state index in [1.807, 2.05) is 26.0 Å². The molecule has 0 heterocycles. The minimum Gasteiger partial charge on any atom is -0.413 e. The summed E-state index contributed by atoms with van der Waals surface area (Å²) < 4.78 is 14.1. The van der Waals surface area contributed by atoms with E-state index in [0.29, 0.717) is 11.8 Å². The van der Waals surface area contributed by atoms with E-state index in [0.717, 1.165) is 24.8 Å². The van der Waals surface area contributed by atoms with Crippen molar-refractivity contribution in [1.82, 2.24) is 0 Å². The zero-order valence-corrected chi connectivity index (χ0v) is 33.6. The summed E-state index contributed by atoms with van der Waals surface area (Å²) in [7, 11) is -3.93. The van der Waals surface area contributed by atoms with Gasteiger partial charge >= 0.3 is 0 Å². The number of hydrogen-bond acceptors (Lipinski definition) is 3. The van der Waals surface area contributed by atoms with Crippen molar-refractivity contribution >= 4 is 16.6 Å². The fourth-order valence-electron chi connectivity index (χ4n) is 6.95. The molecule has 0 aromatic heterocycles. The molecule has 0 saturated heterocycles. The summed E-state index contributed by atoms with van der Waals surface area (Å²) in [4.78, 5) is 0. The van der Waals surface area contributed by atoms with Crippen molar-refractivity contribution in [2.24, 2.45) is 17.3 Å². The molecule has 45 heavy (non-hydrogen) atoms. The Hall–Kier alpha value is -1.25. The van der Waals surface area contributed by atoms with Crippen LogP contribution in [0.4, 0.5) is 0 Å². The summed E-state index contributed by atoms with van der Waals surface area (Å²) in [5.41, 5.74) is 5.04. The topological polar surface area (TPSA) is 38.7 Å². The fourth-order valence-corrected chi connectivity index (χ4v) is 9.62. The van der Waals surface area contributed by atoms with E-state index in [4.69, 9.17) is 8.85 Å². The summed E-state index contributed by atoms with van der Waals surface area (Å²) in [6.45, 7) is 36.5. The molecular formula is C40H68O3Si2. The highest BCUT2D eigenvalue weighted by Crippen LogP contribution is 2.56. The molecule has 5 atom stereocenters. The standard InChI is InChI=1S/C40H68O3Si2/c1-29(19-16-17-25-39(9,10)41)34-23-24-35-31(20-18-26-40(34,35)11)21-22-32-27-33(42-44(12,13)37(3,4)5)28-36(30(32)2)43-45(14,15)38(6,7)8/h16-17,19,21-23,25,29,33,35-36,41H,2,18,20,24,26-28H2,1,3-15H3/b19-16+,25-17+,31-21+,32-22+/t29?,33-,35+,36+,40-/m1/s1. The monoisotopic (exact) mass is 652 g/mol. The van der Waals surface area contributed by atoms with Gasteiger partial charge in [-0.3, -0.25) is 0 Å². The lowest BCUT2D eigenvalue weighted by atomic mass is 9.62. The van der Waals surface area contributed by atoms with E-state index in [-0.39, 0.29) is 27.7 Å². The molecule has 3 rings (SSSR count). The summed E-state index contributed by atoms with van der Waals surface area (Å²) in [6, 6.07) is 0. The third kappa shape index (κ3) is 9.22. The Morgan fingerprint density at radius 3 is 2.13 bits per heavy atom. The van der Waals surface area contributed by atoms with Crippen molar-refractivity contribution < 1.29 is 14.0 Å². The predicted molar refractivity (Wildman–Crippen MR) is 201 cm³/mol. The molecule has 0 radical (unpaired) electrons. The first kappa shape index (κ1) is 38.2. The maximum Gasteiger partial charge on any atom is 0.192 e. The van der Waals surface area contributed by atoms with Crippen LogP contribution in [-0.4, -0.2) is 39.6 Å². The summed E-state index contributed by atoms with van der Waals surface area (Å²) in [5, 5.41) is 10.3. The van der Waals surface area contributed by atoms with Gasteiger partial charge in [0.05, 0.1) is 17.8 Å². The lowest BCUT2D eigenvalue weighted by Gasteiger charge is -2.45. The van der Waals surface area contributed by atoms with Gasteiger partial charge in [0.25, 0.3) is 0 Å². The fraction of sp³-hybridized carbons (Fsp3) is 0.700. The third-order valence-electron chi connectivity index (χ3n) is 11.9. The van der Waals surface area contributed by atoms with Crippen molar-refractivity contribution in [2.45, 2.75) is 162 Å². The second-order valence-electron chi connectivity index (χ2n) is 18.2. The van der Waals surface area contributed by atoms with Gasteiger partial charge in [-0.25, -0.2) is 0 Å². The molecule has 1 unspecified atom stereocenters. The maximum atomic E-state index is 10.0. The van der Waals surface area contributed by atoms with Crippen LogP contribution in [0, 0.1) is 17.3 Å². The highest BCUT2D eigenvalue weighted by Gasteiger charge is 2.47. The summed E-state index contributed by atoms with van der Waals surface area (Å²) >= 11 is 0. The molecule has 0 spiro atoms. The molecule has 3 aliphatic carbocycles. The van der Waals surface area contributed by atoms with Crippen LogP contribution in [0.25, 0.3) is 0 Å². The second-order valence-corrected chi connectivity index (χ2v) is 27.7. The molecule has 0 aromatic carbocycles. The van der Waals surface area contributed by atoms with E-state index in [9.17, 15) is 5.11 Å². The van der Waals surface area contributed by atoms with Crippen LogP contribution in [0.3, 0.4) is 0 Å². The molecule has 5 heteroatoms. The number of fused-ring (bicyclic) bond motifs is 1. The van der Waals surface area contributed by atoms with Gasteiger partial charge in [-0.05, 0) is 111 Å². The van der Waals surface area contributed by atoms with Gasteiger partial charge in [0.1, 0.15) is 0 Å². The predicted octanol–water partition coefficient (Wildman–Crippen LogP) is 11.6. The Kier molecular flexibility index (Phi) is 11.6. The first-order chi connectivity index (χ1) is 20.4. The first-order valence-corrected chi connectivity index (χ1v) is 23.4. The van der Waals surface area contributed by atoms with Crippen molar-refractivity contribution in [1.29, 1.82) is 0 Å². The first-order valence-electron chi connectivity index (χ1n) is 17.6. The van der Waals surface area contributed by atoms with Crippen molar-refractivity contribution in [2.75, 3.05) is 0 Å². The summed E-state index contributed by atoms with van der Waals surface area (Å²) in [5.74, 6) is 0.931. The van der Waals surface area contributed by atoms with Crippen molar-refractivity contribution in [3.63, 3.8) is 0 Å². The number of aliphatic hydroxyl groups is 1.